The summed E-state index contributed by atoms with van der Waals surface area (Å²) in [6.07, 6.45) is 4.29. The molecule has 0 aliphatic carbocycles. The Bertz CT molecular complexity index is 1580. The molecule has 3 aromatic carbocycles. The van der Waals surface area contributed by atoms with Crippen molar-refractivity contribution in [3.8, 4) is 11.5 Å². The van der Waals surface area contributed by atoms with E-state index >= 15 is 0 Å². The van der Waals surface area contributed by atoms with Crippen LogP contribution in [-0.2, 0) is 15.6 Å². The van der Waals surface area contributed by atoms with E-state index in [-0.39, 0.29) is 34.6 Å². The number of rotatable bonds is 13. The average Bonchev–Trinajstić information content (AvgIpc) is 3.29. The number of anilines is 1. The van der Waals surface area contributed by atoms with E-state index in [1.54, 1.807) is 35.2 Å². The van der Waals surface area contributed by atoms with Crippen molar-refractivity contribution in [1.29, 1.82) is 0 Å². The van der Waals surface area contributed by atoms with E-state index in [1.807, 2.05) is 6.07 Å². The summed E-state index contributed by atoms with van der Waals surface area (Å²) < 4.78 is 6.26. The number of carbonyl (C=O) groups excluding carboxylic acids is 2. The summed E-state index contributed by atoms with van der Waals surface area (Å²) in [6, 6.07) is 15.2. The van der Waals surface area contributed by atoms with Gasteiger partial charge < -0.3 is 20.1 Å². The van der Waals surface area contributed by atoms with Gasteiger partial charge in [-0.15, -0.1) is 6.58 Å². The summed E-state index contributed by atoms with van der Waals surface area (Å²) in [5.74, 6) is 0.0922. The van der Waals surface area contributed by atoms with Crippen LogP contribution in [0.25, 0.3) is 10.8 Å². The van der Waals surface area contributed by atoms with Gasteiger partial charge in [-0.3, -0.25) is 14.5 Å². The molecule has 0 saturated carbocycles. The normalized spacial score (nSPS) is 14.0. The molecule has 1 aliphatic rings. The first-order valence-electron chi connectivity index (χ1n) is 15.4. The Kier molecular flexibility index (Phi) is 10.0. The molecule has 0 unspecified atom stereocenters. The second-order valence-corrected chi connectivity index (χ2v) is 13.0. The van der Waals surface area contributed by atoms with Gasteiger partial charge in [-0.1, -0.05) is 84.0 Å². The minimum absolute atomic E-state index is 0.0452. The molecule has 2 amide bonds. The molecule has 1 heterocycles. The third-order valence-corrected chi connectivity index (χ3v) is 9.43. The van der Waals surface area contributed by atoms with Crippen molar-refractivity contribution in [2.24, 2.45) is 0 Å². The van der Waals surface area contributed by atoms with Gasteiger partial charge in [0.25, 0.3) is 11.8 Å². The van der Waals surface area contributed by atoms with Crippen molar-refractivity contribution in [2.75, 3.05) is 31.1 Å². The predicted octanol–water partition coefficient (Wildman–Crippen LogP) is 7.24. The van der Waals surface area contributed by atoms with E-state index in [4.69, 9.17) is 17.0 Å². The zero-order valence-corrected chi connectivity index (χ0v) is 27.6. The fourth-order valence-corrected chi connectivity index (χ4v) is 5.68. The molecule has 234 valence electrons. The van der Waals surface area contributed by atoms with Crippen molar-refractivity contribution in [2.45, 2.75) is 71.6 Å². The SMILES string of the molecule is C=CCN1CC(=O)N(c2cc(C(=O)NCCCOc3ccc(C(C)(C)CC)cc3C(C)(C)CC)c(O)c3ccccc23)C1=S. The molecule has 3 aromatic rings. The highest BCUT2D eigenvalue weighted by Gasteiger charge is 2.35. The second-order valence-electron chi connectivity index (χ2n) is 12.7. The summed E-state index contributed by atoms with van der Waals surface area (Å²) >= 11 is 5.61. The maximum absolute atomic E-state index is 13.4. The lowest BCUT2D eigenvalue weighted by atomic mass is 9.76. The molecule has 1 saturated heterocycles. The maximum atomic E-state index is 13.4. The van der Waals surface area contributed by atoms with Crippen molar-refractivity contribution in [1.82, 2.24) is 10.2 Å². The molecule has 2 N–H and O–H groups in total. The van der Waals surface area contributed by atoms with Crippen LogP contribution in [0.1, 0.15) is 82.3 Å². The van der Waals surface area contributed by atoms with Crippen LogP contribution < -0.4 is 15.0 Å². The van der Waals surface area contributed by atoms with Crippen molar-refractivity contribution >= 4 is 45.6 Å². The van der Waals surface area contributed by atoms with E-state index in [1.165, 1.54) is 16.0 Å². The number of fused-ring (bicyclic) bond motifs is 1. The average molecular weight is 616 g/mol. The fraction of sp³-hybridized carbons (Fsp3) is 0.417. The predicted molar refractivity (Wildman–Crippen MR) is 183 cm³/mol. The van der Waals surface area contributed by atoms with Crippen LogP contribution in [0.5, 0.6) is 11.5 Å². The minimum Gasteiger partial charge on any atom is -0.506 e. The van der Waals surface area contributed by atoms with Crippen LogP contribution >= 0.6 is 12.2 Å². The topological polar surface area (TPSA) is 82.1 Å². The highest BCUT2D eigenvalue weighted by atomic mass is 32.1. The fourth-order valence-electron chi connectivity index (χ4n) is 5.34. The molecule has 7 nitrogen and oxygen atoms in total. The van der Waals surface area contributed by atoms with Gasteiger partial charge in [0.15, 0.2) is 5.11 Å². The molecule has 4 rings (SSSR count). The summed E-state index contributed by atoms with van der Waals surface area (Å²) in [7, 11) is 0. The Hall–Kier alpha value is -3.91. The zero-order chi connectivity index (χ0) is 32.2. The Morgan fingerprint density at radius 1 is 1.07 bits per heavy atom. The quantitative estimate of drug-likeness (QED) is 0.120. The minimum atomic E-state index is -0.436. The van der Waals surface area contributed by atoms with Crippen LogP contribution in [0.2, 0.25) is 0 Å². The van der Waals surface area contributed by atoms with E-state index in [9.17, 15) is 14.7 Å². The molecule has 0 radical (unpaired) electrons. The van der Waals surface area contributed by atoms with Crippen LogP contribution in [-0.4, -0.2) is 53.2 Å². The number of phenolic OH excluding ortho intramolecular Hbond substituents is 1. The number of hydrogen-bond acceptors (Lipinski definition) is 5. The lowest BCUT2D eigenvalue weighted by Crippen LogP contribution is -2.33. The summed E-state index contributed by atoms with van der Waals surface area (Å²) in [4.78, 5) is 29.6. The van der Waals surface area contributed by atoms with E-state index in [0.717, 1.165) is 18.6 Å². The van der Waals surface area contributed by atoms with Gasteiger partial charge in [0.05, 0.1) is 17.9 Å². The highest BCUT2D eigenvalue weighted by molar-refractivity contribution is 7.80. The number of amides is 2. The van der Waals surface area contributed by atoms with Gasteiger partial charge in [0.1, 0.15) is 18.0 Å². The molecule has 0 spiro atoms. The Labute approximate surface area is 266 Å². The van der Waals surface area contributed by atoms with Gasteiger partial charge in [0, 0.05) is 29.4 Å². The molecule has 0 aromatic heterocycles. The van der Waals surface area contributed by atoms with E-state index < -0.39 is 5.91 Å². The molecule has 8 heteroatoms. The van der Waals surface area contributed by atoms with Gasteiger partial charge in [0.2, 0.25) is 0 Å². The van der Waals surface area contributed by atoms with Crippen LogP contribution in [0.15, 0.2) is 61.2 Å². The van der Waals surface area contributed by atoms with Gasteiger partial charge >= 0.3 is 0 Å². The maximum Gasteiger partial charge on any atom is 0.255 e. The Morgan fingerprint density at radius 3 is 2.41 bits per heavy atom. The molecule has 0 bridgehead atoms. The van der Waals surface area contributed by atoms with Crippen molar-refractivity contribution in [3.05, 3.63) is 77.9 Å². The monoisotopic (exact) mass is 615 g/mol. The number of ether oxygens (including phenoxy) is 1. The van der Waals surface area contributed by atoms with Crippen LogP contribution in [0.3, 0.4) is 0 Å². The second kappa shape index (κ2) is 13.4. The largest absolute Gasteiger partial charge is 0.506 e. The van der Waals surface area contributed by atoms with Gasteiger partial charge in [-0.25, -0.2) is 0 Å². The molecular formula is C36H45N3O4S. The van der Waals surface area contributed by atoms with Crippen LogP contribution in [0.4, 0.5) is 5.69 Å². The Balaban J connectivity index is 1.49. The third kappa shape index (κ3) is 6.60. The van der Waals surface area contributed by atoms with Crippen molar-refractivity contribution in [3.63, 3.8) is 0 Å². The van der Waals surface area contributed by atoms with E-state index in [0.29, 0.717) is 47.7 Å². The summed E-state index contributed by atoms with van der Waals surface area (Å²) in [6.45, 7) is 18.5. The standard InChI is InChI=1S/C36H45N3O4S/c1-8-19-38-23-31(40)39(34(38)44)29-22-27(32(41)26-15-12-11-14-25(26)29)33(42)37-18-13-20-43-30-17-16-24(35(4,5)9-2)21-28(30)36(6,7)10-3/h8,11-12,14-17,21-22,41H,1,9-10,13,18-20,23H2,2-7H3,(H,37,42). The first-order chi connectivity index (χ1) is 20.9. The van der Waals surface area contributed by atoms with Crippen LogP contribution in [0, 0.1) is 0 Å². The molecule has 0 atom stereocenters. The highest BCUT2D eigenvalue weighted by Crippen LogP contribution is 2.39. The van der Waals surface area contributed by atoms with Gasteiger partial charge in [-0.2, -0.15) is 0 Å². The van der Waals surface area contributed by atoms with Gasteiger partial charge in [-0.05, 0) is 60.0 Å². The number of benzene rings is 3. The lowest BCUT2D eigenvalue weighted by Gasteiger charge is -2.30. The smallest absolute Gasteiger partial charge is 0.255 e. The van der Waals surface area contributed by atoms with E-state index in [2.05, 4.69) is 71.6 Å². The number of nitrogens with zero attached hydrogens (tertiary/aromatic N) is 2. The summed E-state index contributed by atoms with van der Waals surface area (Å²) in [5, 5.41) is 15.4. The first kappa shape index (κ1) is 33.0. The van der Waals surface area contributed by atoms with Crippen molar-refractivity contribution < 1.29 is 19.4 Å². The molecule has 44 heavy (non-hydrogen) atoms. The first-order valence-corrected chi connectivity index (χ1v) is 15.8. The zero-order valence-electron chi connectivity index (χ0n) is 26.8. The number of phenols is 1. The molecular weight excluding hydrogens is 570 g/mol. The number of nitrogens with one attached hydrogen (secondary N) is 1. The number of hydrogen-bond donors (Lipinski definition) is 2. The summed E-state index contributed by atoms with van der Waals surface area (Å²) in [5.41, 5.74) is 3.07. The molecule has 1 aliphatic heterocycles. The molecule has 1 fully saturated rings. The number of carbonyl (C=O) groups is 2. The number of thiocarbonyl (C=S) groups is 1. The number of aromatic hydroxyl groups is 1. The third-order valence-electron chi connectivity index (χ3n) is 8.99. The lowest BCUT2D eigenvalue weighted by molar-refractivity contribution is -0.116. The Morgan fingerprint density at radius 2 is 1.75 bits per heavy atom.